The number of aryl methyl sites for hydroxylation is 1. The molecule has 2 aromatic rings. The highest BCUT2D eigenvalue weighted by Gasteiger charge is 2.11. The first-order valence-electron chi connectivity index (χ1n) is 10.4. The fourth-order valence-electron chi connectivity index (χ4n) is 3.49. The molecule has 1 aromatic heterocycles. The number of imidazole rings is 1. The van der Waals surface area contributed by atoms with Crippen LogP contribution in [0.25, 0.3) is 0 Å². The molecule has 0 aliphatic heterocycles. The van der Waals surface area contributed by atoms with Gasteiger partial charge in [-0.2, -0.15) is 0 Å². The van der Waals surface area contributed by atoms with E-state index in [4.69, 9.17) is 0 Å². The van der Waals surface area contributed by atoms with E-state index < -0.39 is 0 Å². The molecule has 0 spiro atoms. The highest BCUT2D eigenvalue weighted by Crippen LogP contribution is 2.11. The summed E-state index contributed by atoms with van der Waals surface area (Å²) < 4.78 is 4.76. The normalized spacial score (nSPS) is 11.1. The molecule has 0 amide bonds. The lowest BCUT2D eigenvalue weighted by atomic mass is 10.1. The van der Waals surface area contributed by atoms with E-state index in [0.29, 0.717) is 0 Å². The maximum atomic E-state index is 2.41. The second kappa shape index (κ2) is 11.9. The quantitative estimate of drug-likeness (QED) is 0.309. The highest BCUT2D eigenvalue weighted by molar-refractivity contribution is 5.13. The third-order valence-corrected chi connectivity index (χ3v) is 5.21. The van der Waals surface area contributed by atoms with Crippen LogP contribution >= 0.6 is 0 Å². The molecule has 0 radical (unpaired) electrons. The molecule has 0 aliphatic carbocycles. The van der Waals surface area contributed by atoms with E-state index in [1.54, 1.807) is 0 Å². The van der Waals surface area contributed by atoms with Gasteiger partial charge in [-0.05, 0) is 18.4 Å². The standard InChI is InChI=1S/C23H37N2/c1-3-4-5-6-7-8-9-10-11-15-18-24-19-20-25(22(24)2)21-23-16-13-12-14-17-23/h12-14,16-17,19-20H,3-11,15,18,21H2,1-2H3/q+1. The van der Waals surface area contributed by atoms with Gasteiger partial charge < -0.3 is 0 Å². The number of hydrogen-bond acceptors (Lipinski definition) is 0. The number of benzene rings is 1. The predicted molar refractivity (Wildman–Crippen MR) is 107 cm³/mol. The molecule has 0 saturated heterocycles. The summed E-state index contributed by atoms with van der Waals surface area (Å²) in [4.78, 5) is 0. The van der Waals surface area contributed by atoms with Gasteiger partial charge in [-0.15, -0.1) is 0 Å². The lowest BCUT2D eigenvalue weighted by Gasteiger charge is -2.03. The SMILES string of the molecule is CCCCCCCCCCCCn1cc[n+](Cc2ccccc2)c1C. The molecule has 0 fully saturated rings. The number of rotatable bonds is 13. The molecule has 2 rings (SSSR count). The van der Waals surface area contributed by atoms with Crippen molar-refractivity contribution in [3.8, 4) is 0 Å². The molecule has 2 heteroatoms. The van der Waals surface area contributed by atoms with Crippen LogP contribution in [0.3, 0.4) is 0 Å². The summed E-state index contributed by atoms with van der Waals surface area (Å²) in [5.41, 5.74) is 1.37. The van der Waals surface area contributed by atoms with Crippen LogP contribution < -0.4 is 4.57 Å². The minimum absolute atomic E-state index is 0.970. The molecule has 0 N–H and O–H groups in total. The van der Waals surface area contributed by atoms with Crippen molar-refractivity contribution in [1.82, 2.24) is 4.57 Å². The van der Waals surface area contributed by atoms with Gasteiger partial charge in [0.05, 0.1) is 6.54 Å². The molecule has 0 unspecified atom stereocenters. The third kappa shape index (κ3) is 7.46. The molecule has 0 atom stereocenters. The van der Waals surface area contributed by atoms with Gasteiger partial charge in [0.15, 0.2) is 0 Å². The van der Waals surface area contributed by atoms with Crippen molar-refractivity contribution in [3.05, 3.63) is 54.1 Å². The van der Waals surface area contributed by atoms with Gasteiger partial charge in [-0.3, -0.25) is 0 Å². The largest absolute Gasteiger partial charge is 0.253 e. The van der Waals surface area contributed by atoms with Crippen LogP contribution in [0.1, 0.15) is 82.5 Å². The molecule has 0 aliphatic rings. The molecule has 0 saturated carbocycles. The van der Waals surface area contributed by atoms with E-state index in [0.717, 1.165) is 13.1 Å². The molecule has 1 aromatic carbocycles. The lowest BCUT2D eigenvalue weighted by Crippen LogP contribution is -2.36. The zero-order valence-corrected chi connectivity index (χ0v) is 16.4. The van der Waals surface area contributed by atoms with E-state index in [-0.39, 0.29) is 0 Å². The van der Waals surface area contributed by atoms with Crippen molar-refractivity contribution in [2.24, 2.45) is 0 Å². The van der Waals surface area contributed by atoms with Crippen molar-refractivity contribution < 1.29 is 4.57 Å². The van der Waals surface area contributed by atoms with Gasteiger partial charge in [0.25, 0.3) is 5.82 Å². The number of unbranched alkanes of at least 4 members (excludes halogenated alkanes) is 9. The van der Waals surface area contributed by atoms with Crippen LogP contribution in [0.2, 0.25) is 0 Å². The van der Waals surface area contributed by atoms with Crippen LogP contribution in [0.15, 0.2) is 42.7 Å². The minimum Gasteiger partial charge on any atom is -0.234 e. The molecular formula is C23H37N2+. The van der Waals surface area contributed by atoms with E-state index in [9.17, 15) is 0 Å². The van der Waals surface area contributed by atoms with Crippen LogP contribution in [-0.4, -0.2) is 4.57 Å². The smallest absolute Gasteiger partial charge is 0.234 e. The van der Waals surface area contributed by atoms with Crippen LogP contribution in [0.5, 0.6) is 0 Å². The first-order chi connectivity index (χ1) is 12.3. The predicted octanol–water partition coefficient (Wildman–Crippen LogP) is 6.05. The van der Waals surface area contributed by atoms with E-state index in [1.165, 1.54) is 75.6 Å². The first-order valence-corrected chi connectivity index (χ1v) is 10.4. The number of nitrogens with zero attached hydrogens (tertiary/aromatic N) is 2. The number of aromatic nitrogens is 2. The second-order valence-electron chi connectivity index (χ2n) is 7.33. The Hall–Kier alpha value is -1.57. The Morgan fingerprint density at radius 3 is 2.04 bits per heavy atom. The summed E-state index contributed by atoms with van der Waals surface area (Å²) in [7, 11) is 0. The topological polar surface area (TPSA) is 8.81 Å². The molecule has 1 heterocycles. The van der Waals surface area contributed by atoms with E-state index in [1.807, 2.05) is 0 Å². The fraction of sp³-hybridized carbons (Fsp3) is 0.609. The summed E-state index contributed by atoms with van der Waals surface area (Å²) in [6.45, 7) is 6.65. The van der Waals surface area contributed by atoms with Gasteiger partial charge in [0, 0.05) is 6.92 Å². The Bertz CT molecular complexity index is 571. The van der Waals surface area contributed by atoms with Crippen molar-refractivity contribution >= 4 is 0 Å². The zero-order valence-electron chi connectivity index (χ0n) is 16.4. The highest BCUT2D eigenvalue weighted by atomic mass is 15.1. The van der Waals surface area contributed by atoms with Crippen LogP contribution in [0, 0.1) is 6.92 Å². The lowest BCUT2D eigenvalue weighted by molar-refractivity contribution is -0.694. The molecule has 138 valence electrons. The second-order valence-corrected chi connectivity index (χ2v) is 7.33. The van der Waals surface area contributed by atoms with Gasteiger partial charge in [0.1, 0.15) is 18.9 Å². The van der Waals surface area contributed by atoms with Gasteiger partial charge >= 0.3 is 0 Å². The minimum atomic E-state index is 0.970. The molecular weight excluding hydrogens is 304 g/mol. The van der Waals surface area contributed by atoms with Crippen LogP contribution in [0.4, 0.5) is 0 Å². The third-order valence-electron chi connectivity index (χ3n) is 5.21. The van der Waals surface area contributed by atoms with Crippen molar-refractivity contribution in [1.29, 1.82) is 0 Å². The van der Waals surface area contributed by atoms with Gasteiger partial charge in [0.2, 0.25) is 0 Å². The number of hydrogen-bond donors (Lipinski definition) is 0. The van der Waals surface area contributed by atoms with Crippen molar-refractivity contribution in [2.75, 3.05) is 0 Å². The van der Waals surface area contributed by atoms with E-state index in [2.05, 4.69) is 65.7 Å². The summed E-state index contributed by atoms with van der Waals surface area (Å²) in [6, 6.07) is 10.7. The van der Waals surface area contributed by atoms with Crippen molar-refractivity contribution in [3.63, 3.8) is 0 Å². The fourth-order valence-corrected chi connectivity index (χ4v) is 3.49. The molecule has 2 nitrogen and oxygen atoms in total. The Kier molecular flexibility index (Phi) is 9.40. The Balaban J connectivity index is 1.59. The summed E-state index contributed by atoms with van der Waals surface area (Å²) in [6.07, 6.45) is 18.5. The van der Waals surface area contributed by atoms with E-state index >= 15 is 0 Å². The van der Waals surface area contributed by atoms with Gasteiger partial charge in [-0.1, -0.05) is 88.6 Å². The van der Waals surface area contributed by atoms with Crippen LogP contribution in [-0.2, 0) is 13.1 Å². The maximum absolute atomic E-state index is 2.41. The molecule has 0 bridgehead atoms. The monoisotopic (exact) mass is 341 g/mol. The summed E-state index contributed by atoms with van der Waals surface area (Å²) in [5.74, 6) is 1.36. The van der Waals surface area contributed by atoms with Crippen molar-refractivity contribution in [2.45, 2.75) is 91.1 Å². The average Bonchev–Trinajstić information content (AvgIpc) is 2.97. The Morgan fingerprint density at radius 1 is 0.800 bits per heavy atom. The zero-order chi connectivity index (χ0) is 17.7. The van der Waals surface area contributed by atoms with Gasteiger partial charge in [-0.25, -0.2) is 9.13 Å². The molecule has 25 heavy (non-hydrogen) atoms. The summed E-state index contributed by atoms with van der Waals surface area (Å²) in [5, 5.41) is 0. The maximum Gasteiger partial charge on any atom is 0.253 e. The summed E-state index contributed by atoms with van der Waals surface area (Å²) >= 11 is 0. The Labute approximate surface area is 154 Å². The Morgan fingerprint density at radius 2 is 1.40 bits per heavy atom. The average molecular weight is 342 g/mol. The first kappa shape index (κ1) is 19.8.